The molecule has 2 rings (SSSR count). The number of anilines is 2. The monoisotopic (exact) mass is 287 g/mol. The van der Waals surface area contributed by atoms with Crippen molar-refractivity contribution >= 4 is 17.3 Å². The van der Waals surface area contributed by atoms with Crippen molar-refractivity contribution in [2.75, 3.05) is 17.3 Å². The second-order valence-corrected chi connectivity index (χ2v) is 4.63. The molecular weight excluding hydrogens is 270 g/mol. The van der Waals surface area contributed by atoms with Gasteiger partial charge in [-0.15, -0.1) is 0 Å². The number of nitrogens with one attached hydrogen (secondary N) is 2. The Kier molecular flexibility index (Phi) is 4.68. The highest BCUT2D eigenvalue weighted by molar-refractivity contribution is 5.60. The average molecular weight is 287 g/mol. The number of nitrogens with two attached hydrogens (primary N) is 1. The third-order valence-corrected chi connectivity index (χ3v) is 3.01. The molecule has 7 nitrogen and oxygen atoms in total. The van der Waals surface area contributed by atoms with Gasteiger partial charge in [-0.3, -0.25) is 10.1 Å². The number of benzene rings is 1. The number of aromatic nitrogens is 1. The lowest BCUT2D eigenvalue weighted by molar-refractivity contribution is -0.384. The zero-order chi connectivity index (χ0) is 15.2. The smallest absolute Gasteiger partial charge is 0.311 e. The highest BCUT2D eigenvalue weighted by atomic mass is 16.6. The number of nitrogen functional groups attached to an aromatic ring is 1. The van der Waals surface area contributed by atoms with Crippen LogP contribution in [0, 0.1) is 17.0 Å². The molecule has 0 aliphatic heterocycles. The van der Waals surface area contributed by atoms with E-state index in [4.69, 9.17) is 5.84 Å². The van der Waals surface area contributed by atoms with E-state index in [0.717, 1.165) is 6.42 Å². The number of hydrogen-bond acceptors (Lipinski definition) is 6. The Labute approximate surface area is 122 Å². The first-order valence-electron chi connectivity index (χ1n) is 6.51. The van der Waals surface area contributed by atoms with Crippen molar-refractivity contribution in [1.29, 1.82) is 0 Å². The SMILES string of the molecule is Cc1cccc(CCNc2nc(NN)ccc2[N+](=O)[O-])c1. The highest BCUT2D eigenvalue weighted by Gasteiger charge is 2.15. The lowest BCUT2D eigenvalue weighted by atomic mass is 10.1. The van der Waals surface area contributed by atoms with Crippen LogP contribution >= 0.6 is 0 Å². The van der Waals surface area contributed by atoms with Crippen LogP contribution in [0.3, 0.4) is 0 Å². The van der Waals surface area contributed by atoms with Crippen molar-refractivity contribution < 1.29 is 4.92 Å². The van der Waals surface area contributed by atoms with Crippen LogP contribution in [0.4, 0.5) is 17.3 Å². The van der Waals surface area contributed by atoms with Gasteiger partial charge in [-0.25, -0.2) is 10.8 Å². The van der Waals surface area contributed by atoms with Gasteiger partial charge in [-0.2, -0.15) is 0 Å². The molecule has 1 heterocycles. The molecule has 4 N–H and O–H groups in total. The molecule has 0 fully saturated rings. The lowest BCUT2D eigenvalue weighted by Crippen LogP contribution is -2.12. The fourth-order valence-electron chi connectivity index (χ4n) is 2.00. The minimum Gasteiger partial charge on any atom is -0.364 e. The minimum atomic E-state index is -0.470. The molecule has 1 aromatic carbocycles. The van der Waals surface area contributed by atoms with E-state index in [0.29, 0.717) is 12.4 Å². The zero-order valence-electron chi connectivity index (χ0n) is 11.7. The summed E-state index contributed by atoms with van der Waals surface area (Å²) in [6.07, 6.45) is 0.751. The average Bonchev–Trinajstić information content (AvgIpc) is 2.47. The molecule has 0 bridgehead atoms. The summed E-state index contributed by atoms with van der Waals surface area (Å²) in [6.45, 7) is 2.57. The van der Waals surface area contributed by atoms with E-state index in [1.54, 1.807) is 0 Å². The van der Waals surface area contributed by atoms with Gasteiger partial charge in [0.1, 0.15) is 5.82 Å². The summed E-state index contributed by atoms with van der Waals surface area (Å²) in [5.74, 6) is 5.86. The van der Waals surface area contributed by atoms with Crippen molar-refractivity contribution in [2.24, 2.45) is 5.84 Å². The molecule has 0 aliphatic rings. The first-order valence-corrected chi connectivity index (χ1v) is 6.51. The fraction of sp³-hybridized carbons (Fsp3) is 0.214. The molecule has 21 heavy (non-hydrogen) atoms. The van der Waals surface area contributed by atoms with Crippen LogP contribution in [0.25, 0.3) is 0 Å². The molecular formula is C14H17N5O2. The number of hydrazine groups is 1. The van der Waals surface area contributed by atoms with Gasteiger partial charge in [0.15, 0.2) is 0 Å². The molecule has 0 spiro atoms. The van der Waals surface area contributed by atoms with Crippen molar-refractivity contribution in [3.8, 4) is 0 Å². The molecule has 0 radical (unpaired) electrons. The summed E-state index contributed by atoms with van der Waals surface area (Å²) in [7, 11) is 0. The second-order valence-electron chi connectivity index (χ2n) is 4.63. The number of hydrogen-bond donors (Lipinski definition) is 3. The van der Waals surface area contributed by atoms with Gasteiger partial charge < -0.3 is 10.7 Å². The first kappa shape index (κ1) is 14.7. The number of nitro groups is 1. The topological polar surface area (TPSA) is 106 Å². The molecule has 7 heteroatoms. The number of aryl methyl sites for hydroxylation is 1. The Bertz CT molecular complexity index is 645. The second kappa shape index (κ2) is 6.67. The maximum absolute atomic E-state index is 11.0. The maximum Gasteiger partial charge on any atom is 0.311 e. The predicted molar refractivity (Wildman–Crippen MR) is 82.1 cm³/mol. The van der Waals surface area contributed by atoms with Gasteiger partial charge >= 0.3 is 5.69 Å². The molecule has 2 aromatic rings. The normalized spacial score (nSPS) is 10.2. The molecule has 0 atom stereocenters. The van der Waals surface area contributed by atoms with Crippen LogP contribution < -0.4 is 16.6 Å². The van der Waals surface area contributed by atoms with Crippen LogP contribution in [0.1, 0.15) is 11.1 Å². The van der Waals surface area contributed by atoms with Crippen molar-refractivity contribution in [3.05, 3.63) is 57.6 Å². The summed E-state index contributed by atoms with van der Waals surface area (Å²) in [4.78, 5) is 14.6. The molecule has 1 aromatic heterocycles. The van der Waals surface area contributed by atoms with Crippen LogP contribution in [-0.4, -0.2) is 16.5 Å². The minimum absolute atomic E-state index is 0.0711. The summed E-state index contributed by atoms with van der Waals surface area (Å²) in [6, 6.07) is 11.0. The Hall–Kier alpha value is -2.67. The molecule has 0 saturated carbocycles. The van der Waals surface area contributed by atoms with Gasteiger partial charge in [0.2, 0.25) is 5.82 Å². The third kappa shape index (κ3) is 3.90. The molecule has 0 amide bonds. The standard InChI is InChI=1S/C14H17N5O2/c1-10-3-2-4-11(9-10)7-8-16-14-12(19(20)21)5-6-13(17-14)18-15/h2-6,9H,7-8,15H2,1H3,(H2,16,17,18). The Balaban J connectivity index is 2.06. The Morgan fingerprint density at radius 1 is 1.33 bits per heavy atom. The largest absolute Gasteiger partial charge is 0.364 e. The van der Waals surface area contributed by atoms with Crippen molar-refractivity contribution in [3.63, 3.8) is 0 Å². The molecule has 0 saturated heterocycles. The van der Waals surface area contributed by atoms with Crippen LogP contribution in [-0.2, 0) is 6.42 Å². The van der Waals surface area contributed by atoms with E-state index in [2.05, 4.69) is 21.8 Å². The lowest BCUT2D eigenvalue weighted by Gasteiger charge is -2.08. The van der Waals surface area contributed by atoms with Crippen molar-refractivity contribution in [2.45, 2.75) is 13.3 Å². The van der Waals surface area contributed by atoms with E-state index in [1.165, 1.54) is 23.3 Å². The third-order valence-electron chi connectivity index (χ3n) is 3.01. The van der Waals surface area contributed by atoms with Crippen LogP contribution in [0.2, 0.25) is 0 Å². The molecule has 0 aliphatic carbocycles. The Morgan fingerprint density at radius 3 is 2.81 bits per heavy atom. The summed E-state index contributed by atoms with van der Waals surface area (Å²) in [5, 5.41) is 14.0. The Morgan fingerprint density at radius 2 is 2.14 bits per heavy atom. The van der Waals surface area contributed by atoms with Gasteiger partial charge in [-0.1, -0.05) is 29.8 Å². The van der Waals surface area contributed by atoms with Crippen LogP contribution in [0.5, 0.6) is 0 Å². The zero-order valence-corrected chi connectivity index (χ0v) is 11.7. The van der Waals surface area contributed by atoms with Gasteiger partial charge in [0, 0.05) is 12.6 Å². The fourth-order valence-corrected chi connectivity index (χ4v) is 2.00. The molecule has 0 unspecified atom stereocenters. The number of rotatable bonds is 6. The number of pyridine rings is 1. The van der Waals surface area contributed by atoms with Gasteiger partial charge in [-0.05, 0) is 25.0 Å². The summed E-state index contributed by atoms with van der Waals surface area (Å²) >= 11 is 0. The van der Waals surface area contributed by atoms with Crippen LogP contribution in [0.15, 0.2) is 36.4 Å². The van der Waals surface area contributed by atoms with E-state index >= 15 is 0 Å². The number of nitrogens with zero attached hydrogens (tertiary/aromatic N) is 2. The van der Waals surface area contributed by atoms with Gasteiger partial charge in [0.25, 0.3) is 0 Å². The van der Waals surface area contributed by atoms with E-state index in [1.807, 2.05) is 25.1 Å². The highest BCUT2D eigenvalue weighted by Crippen LogP contribution is 2.23. The molecule has 110 valence electrons. The first-order chi connectivity index (χ1) is 10.1. The summed E-state index contributed by atoms with van der Waals surface area (Å²) < 4.78 is 0. The van der Waals surface area contributed by atoms with E-state index in [-0.39, 0.29) is 11.5 Å². The quantitative estimate of drug-likeness (QED) is 0.427. The summed E-state index contributed by atoms with van der Waals surface area (Å²) in [5.41, 5.74) is 4.66. The maximum atomic E-state index is 11.0. The van der Waals surface area contributed by atoms with Crippen molar-refractivity contribution in [1.82, 2.24) is 4.98 Å². The van der Waals surface area contributed by atoms with E-state index in [9.17, 15) is 10.1 Å². The van der Waals surface area contributed by atoms with Gasteiger partial charge in [0.05, 0.1) is 4.92 Å². The van der Waals surface area contributed by atoms with E-state index < -0.39 is 4.92 Å². The predicted octanol–water partition coefficient (Wildman–Crippen LogP) is 2.24.